The molecule has 2 aliphatic heterocycles. The lowest BCUT2D eigenvalue weighted by Crippen LogP contribution is -2.64. The molecule has 11 nitrogen and oxygen atoms in total. The quantitative estimate of drug-likeness (QED) is 0.175. The molecule has 2 aliphatic rings. The van der Waals surface area contributed by atoms with E-state index < -0.39 is 46.3 Å². The van der Waals surface area contributed by atoms with Crippen molar-refractivity contribution in [2.45, 2.75) is 5.92 Å². The van der Waals surface area contributed by atoms with E-state index in [1.807, 2.05) is 0 Å². The van der Waals surface area contributed by atoms with Crippen molar-refractivity contribution in [3.8, 4) is 0 Å². The number of hydrogen-bond donors (Lipinski definition) is 2. The summed E-state index contributed by atoms with van der Waals surface area (Å²) in [6.07, 6.45) is 2.79. The number of benzene rings is 1. The number of carbonyl (C=O) groups is 4. The minimum absolute atomic E-state index is 0.0341. The molecule has 2 saturated heterocycles. The summed E-state index contributed by atoms with van der Waals surface area (Å²) >= 11 is 10.2. The molecule has 1 aromatic rings. The SMILES string of the molecule is C=CCN1C(=O)[C@H](C(c2cccc([N+](=O)[O-])c2)[C@@H]2C(=O)NC(=S)N(CC=C)C2=O)C(=O)NC1=S. The van der Waals surface area contributed by atoms with Crippen LogP contribution in [0.1, 0.15) is 11.5 Å². The Kier molecular flexibility index (Phi) is 7.27. The van der Waals surface area contributed by atoms with Gasteiger partial charge in [-0.1, -0.05) is 24.3 Å². The molecule has 2 heterocycles. The van der Waals surface area contributed by atoms with Crippen molar-refractivity contribution in [3.05, 3.63) is 65.3 Å². The van der Waals surface area contributed by atoms with Crippen molar-refractivity contribution >= 4 is 64.0 Å². The maximum Gasteiger partial charge on any atom is 0.269 e. The van der Waals surface area contributed by atoms with Gasteiger partial charge >= 0.3 is 0 Å². The first-order valence-electron chi connectivity index (χ1n) is 9.90. The standard InChI is InChI=1S/C21H19N5O6S2/c1-3-8-24-18(29)14(16(27)22-20(24)33)13(11-6-5-7-12(10-11)26(31)32)15-17(28)23-21(34)25(9-4-2)19(15)30/h3-7,10,13-15H,1-2,8-9H2,(H,22,27,33)(H,23,28,34)/t14-,15-/m1/s1. The van der Waals surface area contributed by atoms with Crippen molar-refractivity contribution in [2.24, 2.45) is 11.8 Å². The maximum atomic E-state index is 13.4. The highest BCUT2D eigenvalue weighted by Crippen LogP contribution is 2.39. The van der Waals surface area contributed by atoms with Gasteiger partial charge in [-0.15, -0.1) is 13.2 Å². The van der Waals surface area contributed by atoms with Crippen molar-refractivity contribution < 1.29 is 24.1 Å². The number of non-ortho nitro benzene ring substituents is 1. The summed E-state index contributed by atoms with van der Waals surface area (Å²) in [5.74, 6) is -7.79. The highest BCUT2D eigenvalue weighted by Gasteiger charge is 2.53. The van der Waals surface area contributed by atoms with E-state index in [2.05, 4.69) is 23.8 Å². The minimum Gasteiger partial charge on any atom is -0.302 e. The van der Waals surface area contributed by atoms with Gasteiger partial charge < -0.3 is 10.6 Å². The lowest BCUT2D eigenvalue weighted by atomic mass is 9.73. The molecule has 2 atom stereocenters. The topological polar surface area (TPSA) is 142 Å². The second-order valence-corrected chi connectivity index (χ2v) is 8.17. The number of amides is 4. The van der Waals surface area contributed by atoms with E-state index in [1.165, 1.54) is 30.4 Å². The molecule has 2 N–H and O–H groups in total. The molecule has 0 saturated carbocycles. The first kappa shape index (κ1) is 24.8. The Morgan fingerprint density at radius 3 is 1.85 bits per heavy atom. The largest absolute Gasteiger partial charge is 0.302 e. The van der Waals surface area contributed by atoms with Crippen LogP contribution in [0.4, 0.5) is 5.69 Å². The zero-order chi connectivity index (χ0) is 25.2. The molecule has 34 heavy (non-hydrogen) atoms. The minimum atomic E-state index is -1.59. The molecule has 176 valence electrons. The van der Waals surface area contributed by atoms with E-state index in [4.69, 9.17) is 24.4 Å². The lowest BCUT2D eigenvalue weighted by Gasteiger charge is -2.40. The average molecular weight is 502 g/mol. The smallest absolute Gasteiger partial charge is 0.269 e. The third kappa shape index (κ3) is 4.47. The van der Waals surface area contributed by atoms with Crippen LogP contribution in [0.2, 0.25) is 0 Å². The summed E-state index contributed by atoms with van der Waals surface area (Å²) in [6, 6.07) is 5.09. The monoisotopic (exact) mass is 501 g/mol. The molecule has 13 heteroatoms. The number of nitrogens with one attached hydrogen (secondary N) is 2. The van der Waals surface area contributed by atoms with Gasteiger partial charge in [-0.2, -0.15) is 0 Å². The molecule has 0 radical (unpaired) electrons. The van der Waals surface area contributed by atoms with Crippen LogP contribution < -0.4 is 10.6 Å². The maximum absolute atomic E-state index is 13.4. The summed E-state index contributed by atoms with van der Waals surface area (Å²) in [4.78, 5) is 65.7. The van der Waals surface area contributed by atoms with Gasteiger partial charge in [0.25, 0.3) is 5.69 Å². The Labute approximate surface area is 204 Å². The summed E-state index contributed by atoms with van der Waals surface area (Å²) in [5.41, 5.74) is -0.263. The fourth-order valence-electron chi connectivity index (χ4n) is 3.92. The molecular formula is C21H19N5O6S2. The van der Waals surface area contributed by atoms with Crippen molar-refractivity contribution in [1.82, 2.24) is 20.4 Å². The van der Waals surface area contributed by atoms with E-state index in [1.54, 1.807) is 0 Å². The Bertz CT molecular complexity index is 1090. The number of carbonyl (C=O) groups excluding carboxylic acids is 4. The van der Waals surface area contributed by atoms with Gasteiger partial charge in [0, 0.05) is 31.1 Å². The normalized spacial score (nSPS) is 20.9. The van der Waals surface area contributed by atoms with E-state index in [0.717, 1.165) is 15.9 Å². The second kappa shape index (κ2) is 9.97. The Morgan fingerprint density at radius 2 is 1.44 bits per heavy atom. The zero-order valence-electron chi connectivity index (χ0n) is 17.6. The Balaban J connectivity index is 2.20. The second-order valence-electron chi connectivity index (χ2n) is 7.40. The number of rotatable bonds is 8. The van der Waals surface area contributed by atoms with Crippen LogP contribution in [0.3, 0.4) is 0 Å². The molecule has 0 spiro atoms. The third-order valence-electron chi connectivity index (χ3n) is 5.39. The molecule has 4 amide bonds. The van der Waals surface area contributed by atoms with E-state index in [0.29, 0.717) is 0 Å². The van der Waals surface area contributed by atoms with Gasteiger partial charge in [-0.05, 0) is 30.0 Å². The summed E-state index contributed by atoms with van der Waals surface area (Å²) in [6.45, 7) is 7.06. The van der Waals surface area contributed by atoms with Crippen LogP contribution in [-0.4, -0.2) is 61.7 Å². The zero-order valence-corrected chi connectivity index (χ0v) is 19.3. The molecular weight excluding hydrogens is 482 g/mol. The lowest BCUT2D eigenvalue weighted by molar-refractivity contribution is -0.384. The van der Waals surface area contributed by atoms with E-state index in [-0.39, 0.29) is 34.6 Å². The average Bonchev–Trinajstić information content (AvgIpc) is 2.78. The van der Waals surface area contributed by atoms with Gasteiger partial charge in [0.15, 0.2) is 10.2 Å². The van der Waals surface area contributed by atoms with Crippen LogP contribution in [0.25, 0.3) is 0 Å². The number of thiocarbonyl (C=S) groups is 2. The van der Waals surface area contributed by atoms with Crippen LogP contribution >= 0.6 is 24.4 Å². The van der Waals surface area contributed by atoms with Gasteiger partial charge in [-0.3, -0.25) is 39.1 Å². The number of nitro groups is 1. The Morgan fingerprint density at radius 1 is 0.971 bits per heavy atom. The predicted octanol–water partition coefficient (Wildman–Crippen LogP) is 0.769. The summed E-state index contributed by atoms with van der Waals surface area (Å²) in [5, 5.41) is 15.9. The first-order valence-corrected chi connectivity index (χ1v) is 10.7. The molecule has 0 aromatic heterocycles. The molecule has 2 fully saturated rings. The third-order valence-corrected chi connectivity index (χ3v) is 6.03. The van der Waals surface area contributed by atoms with Crippen molar-refractivity contribution in [3.63, 3.8) is 0 Å². The fourth-order valence-corrected chi connectivity index (χ4v) is 4.45. The van der Waals surface area contributed by atoms with Gasteiger partial charge in [-0.25, -0.2) is 0 Å². The molecule has 0 aliphatic carbocycles. The molecule has 0 bridgehead atoms. The highest BCUT2D eigenvalue weighted by molar-refractivity contribution is 7.80. The molecule has 1 aromatic carbocycles. The van der Waals surface area contributed by atoms with E-state index in [9.17, 15) is 29.3 Å². The van der Waals surface area contributed by atoms with Crippen LogP contribution in [0.15, 0.2) is 49.6 Å². The van der Waals surface area contributed by atoms with Crippen LogP contribution in [0, 0.1) is 22.0 Å². The van der Waals surface area contributed by atoms with Gasteiger partial charge in [0.2, 0.25) is 23.6 Å². The van der Waals surface area contributed by atoms with Crippen molar-refractivity contribution in [2.75, 3.05) is 13.1 Å². The predicted molar refractivity (Wildman–Crippen MR) is 128 cm³/mol. The van der Waals surface area contributed by atoms with Gasteiger partial charge in [0.1, 0.15) is 11.8 Å². The number of nitro benzene ring substituents is 1. The number of nitrogens with zero attached hydrogens (tertiary/aromatic N) is 3. The van der Waals surface area contributed by atoms with Crippen LogP contribution in [0.5, 0.6) is 0 Å². The number of hydrogen-bond acceptors (Lipinski definition) is 8. The summed E-state index contributed by atoms with van der Waals surface area (Å²) in [7, 11) is 0. The van der Waals surface area contributed by atoms with Gasteiger partial charge in [0.05, 0.1) is 4.92 Å². The molecule has 0 unspecified atom stereocenters. The fraction of sp³-hybridized carbons (Fsp3) is 0.238. The highest BCUT2D eigenvalue weighted by atomic mass is 32.1. The first-order chi connectivity index (χ1) is 16.1. The van der Waals surface area contributed by atoms with Crippen LogP contribution in [-0.2, 0) is 19.2 Å². The summed E-state index contributed by atoms with van der Waals surface area (Å²) < 4.78 is 0. The van der Waals surface area contributed by atoms with Crippen molar-refractivity contribution in [1.29, 1.82) is 0 Å². The Hall–Kier alpha value is -3.84. The van der Waals surface area contributed by atoms with E-state index >= 15 is 0 Å². The molecule has 3 rings (SSSR count).